The maximum atomic E-state index is 14.5. The van der Waals surface area contributed by atoms with Crippen LogP contribution in [-0.4, -0.2) is 52.5 Å². The molecule has 1 amide bonds. The molecule has 162 valence electrons. The summed E-state index contributed by atoms with van der Waals surface area (Å²) in [5, 5.41) is 4.59. The fourth-order valence-electron chi connectivity index (χ4n) is 4.35. The van der Waals surface area contributed by atoms with Crippen LogP contribution in [-0.2, 0) is 0 Å². The van der Waals surface area contributed by atoms with Gasteiger partial charge in [0, 0.05) is 25.2 Å². The van der Waals surface area contributed by atoms with E-state index in [1.807, 2.05) is 35.2 Å². The normalized spacial score (nSPS) is 17.1. The number of nitrogens with zero attached hydrogens (tertiary/aromatic N) is 4. The van der Waals surface area contributed by atoms with Crippen LogP contribution in [0.5, 0.6) is 0 Å². The molecule has 1 unspecified atom stereocenters. The molecule has 0 saturated carbocycles. The van der Waals surface area contributed by atoms with Gasteiger partial charge in [0.2, 0.25) is 0 Å². The van der Waals surface area contributed by atoms with Gasteiger partial charge < -0.3 is 14.3 Å². The van der Waals surface area contributed by atoms with Gasteiger partial charge in [-0.25, -0.2) is 9.37 Å². The first-order chi connectivity index (χ1) is 15.5. The van der Waals surface area contributed by atoms with Crippen molar-refractivity contribution in [1.82, 2.24) is 19.9 Å². The van der Waals surface area contributed by atoms with E-state index in [0.29, 0.717) is 34.4 Å². The predicted octanol–water partition coefficient (Wildman–Crippen LogP) is 4.47. The zero-order valence-corrected chi connectivity index (χ0v) is 18.0. The number of hydrogen-bond acceptors (Lipinski definition) is 5. The quantitative estimate of drug-likeness (QED) is 0.480. The van der Waals surface area contributed by atoms with Crippen LogP contribution >= 0.6 is 0 Å². The summed E-state index contributed by atoms with van der Waals surface area (Å²) in [4.78, 5) is 22.5. The molecule has 5 rings (SSSR count). The Balaban J connectivity index is 1.64. The zero-order chi connectivity index (χ0) is 22.2. The van der Waals surface area contributed by atoms with Gasteiger partial charge in [-0.15, -0.1) is 0 Å². The van der Waals surface area contributed by atoms with Gasteiger partial charge in [0.1, 0.15) is 5.82 Å². The highest BCUT2D eigenvalue weighted by Crippen LogP contribution is 2.32. The molecule has 6 nitrogen and oxygen atoms in total. The lowest BCUT2D eigenvalue weighted by molar-refractivity contribution is 0.0500. The Morgan fingerprint density at radius 2 is 1.84 bits per heavy atom. The number of hydrogen-bond donors (Lipinski definition) is 0. The lowest BCUT2D eigenvalue weighted by Crippen LogP contribution is -2.49. The Labute approximate surface area is 185 Å². The Kier molecular flexibility index (Phi) is 5.19. The fraction of sp³-hybridized carbons (Fsp3) is 0.240. The number of piperazine rings is 1. The van der Waals surface area contributed by atoms with Gasteiger partial charge in [-0.05, 0) is 37.7 Å². The smallest absolute Gasteiger partial charge is 0.259 e. The van der Waals surface area contributed by atoms with Gasteiger partial charge in [-0.1, -0.05) is 47.6 Å². The van der Waals surface area contributed by atoms with Crippen molar-refractivity contribution in [3.63, 3.8) is 0 Å². The molecular formula is C25H23FN4O2. The average Bonchev–Trinajstić information content (AvgIpc) is 3.19. The first-order valence-corrected chi connectivity index (χ1v) is 10.6. The number of aromatic nitrogens is 2. The van der Waals surface area contributed by atoms with Gasteiger partial charge in [0.05, 0.1) is 28.4 Å². The Bertz CT molecular complexity index is 1290. The number of halogens is 1. The van der Waals surface area contributed by atoms with E-state index in [2.05, 4.69) is 22.1 Å². The van der Waals surface area contributed by atoms with Crippen LogP contribution in [0.25, 0.3) is 22.4 Å². The maximum Gasteiger partial charge on any atom is 0.259 e. The maximum absolute atomic E-state index is 14.5. The van der Waals surface area contributed by atoms with E-state index < -0.39 is 5.82 Å². The summed E-state index contributed by atoms with van der Waals surface area (Å²) in [6.07, 6.45) is 0. The molecule has 1 fully saturated rings. The Morgan fingerprint density at radius 3 is 2.62 bits per heavy atom. The molecule has 0 aliphatic carbocycles. The summed E-state index contributed by atoms with van der Waals surface area (Å²) in [6.45, 7) is 3.86. The lowest BCUT2D eigenvalue weighted by Gasteiger charge is -2.40. The summed E-state index contributed by atoms with van der Waals surface area (Å²) in [6, 6.07) is 18.0. The van der Waals surface area contributed by atoms with E-state index >= 15 is 0 Å². The van der Waals surface area contributed by atoms with E-state index in [9.17, 15) is 9.18 Å². The van der Waals surface area contributed by atoms with Crippen LogP contribution in [0, 0.1) is 12.7 Å². The standard InChI is InChI=1S/C25H23FN4O2/c1-16-23-19(14-21(27-24(23)32-28-16)18-10-6-7-11-20(18)26)25(31)30-13-12-29(2)15-22(30)17-8-4-3-5-9-17/h3-11,14,22H,12-13,15H2,1-2H3. The van der Waals surface area contributed by atoms with Crippen LogP contribution in [0.2, 0.25) is 0 Å². The third kappa shape index (κ3) is 3.54. The minimum Gasteiger partial charge on any atom is -0.335 e. The topological polar surface area (TPSA) is 62.5 Å². The number of benzene rings is 2. The first kappa shape index (κ1) is 20.3. The first-order valence-electron chi connectivity index (χ1n) is 10.6. The number of pyridine rings is 1. The number of likely N-dealkylation sites (N-methyl/N-ethyl adjacent to an activating group) is 1. The van der Waals surface area contributed by atoms with Crippen molar-refractivity contribution in [3.8, 4) is 11.3 Å². The van der Waals surface area contributed by atoms with Crippen molar-refractivity contribution in [2.24, 2.45) is 0 Å². The van der Waals surface area contributed by atoms with Gasteiger partial charge in [0.25, 0.3) is 11.6 Å². The number of fused-ring (bicyclic) bond motifs is 1. The molecule has 4 aromatic rings. The molecule has 1 aliphatic heterocycles. The second-order valence-corrected chi connectivity index (χ2v) is 8.17. The molecule has 1 saturated heterocycles. The molecule has 1 aliphatic rings. The molecule has 32 heavy (non-hydrogen) atoms. The van der Waals surface area contributed by atoms with E-state index in [1.165, 1.54) is 6.07 Å². The van der Waals surface area contributed by atoms with Crippen molar-refractivity contribution in [1.29, 1.82) is 0 Å². The van der Waals surface area contributed by atoms with Crippen molar-refractivity contribution in [3.05, 3.63) is 83.3 Å². The monoisotopic (exact) mass is 430 g/mol. The third-order valence-electron chi connectivity index (χ3n) is 6.03. The van der Waals surface area contributed by atoms with E-state index in [1.54, 1.807) is 31.2 Å². The highest BCUT2D eigenvalue weighted by molar-refractivity contribution is 6.07. The Morgan fingerprint density at radius 1 is 1.09 bits per heavy atom. The van der Waals surface area contributed by atoms with E-state index in [-0.39, 0.29) is 17.7 Å². The molecule has 1 atom stereocenters. The Hall–Kier alpha value is -3.58. The van der Waals surface area contributed by atoms with Gasteiger partial charge in [-0.2, -0.15) is 0 Å². The second-order valence-electron chi connectivity index (χ2n) is 8.17. The molecule has 2 aromatic heterocycles. The lowest BCUT2D eigenvalue weighted by atomic mass is 9.99. The predicted molar refractivity (Wildman–Crippen MR) is 120 cm³/mol. The SMILES string of the molecule is Cc1noc2nc(-c3ccccc3F)cc(C(=O)N3CCN(C)CC3c3ccccc3)c12. The summed E-state index contributed by atoms with van der Waals surface area (Å²) in [5.41, 5.74) is 2.99. The van der Waals surface area contributed by atoms with Gasteiger partial charge >= 0.3 is 0 Å². The molecule has 0 N–H and O–H groups in total. The largest absolute Gasteiger partial charge is 0.335 e. The molecular weight excluding hydrogens is 407 g/mol. The van der Waals surface area contributed by atoms with E-state index in [0.717, 1.165) is 18.7 Å². The van der Waals surface area contributed by atoms with E-state index in [4.69, 9.17) is 4.52 Å². The van der Waals surface area contributed by atoms with Crippen LogP contribution in [0.4, 0.5) is 4.39 Å². The van der Waals surface area contributed by atoms with Gasteiger partial charge in [-0.3, -0.25) is 4.79 Å². The van der Waals surface area contributed by atoms with Crippen molar-refractivity contribution >= 4 is 17.0 Å². The summed E-state index contributed by atoms with van der Waals surface area (Å²) < 4.78 is 19.9. The molecule has 7 heteroatoms. The van der Waals surface area contributed by atoms with Crippen molar-refractivity contribution < 1.29 is 13.7 Å². The zero-order valence-electron chi connectivity index (χ0n) is 18.0. The number of aryl methyl sites for hydroxylation is 1. The van der Waals surface area contributed by atoms with Crippen molar-refractivity contribution in [2.45, 2.75) is 13.0 Å². The highest BCUT2D eigenvalue weighted by Gasteiger charge is 2.33. The number of carbonyl (C=O) groups is 1. The highest BCUT2D eigenvalue weighted by atomic mass is 19.1. The molecule has 0 bridgehead atoms. The summed E-state index contributed by atoms with van der Waals surface area (Å²) in [7, 11) is 2.06. The molecule has 0 radical (unpaired) electrons. The molecule has 0 spiro atoms. The van der Waals surface area contributed by atoms with Crippen molar-refractivity contribution in [2.75, 3.05) is 26.7 Å². The number of rotatable bonds is 3. The number of carbonyl (C=O) groups excluding carboxylic acids is 1. The second kappa shape index (κ2) is 8.16. The van der Waals surface area contributed by atoms with Crippen LogP contribution in [0.15, 0.2) is 65.2 Å². The minimum atomic E-state index is -0.407. The third-order valence-corrected chi connectivity index (χ3v) is 6.03. The fourth-order valence-corrected chi connectivity index (χ4v) is 4.35. The molecule has 2 aromatic carbocycles. The number of amides is 1. The van der Waals surface area contributed by atoms with Crippen LogP contribution < -0.4 is 0 Å². The average molecular weight is 430 g/mol. The molecule has 3 heterocycles. The minimum absolute atomic E-state index is 0.0947. The van der Waals surface area contributed by atoms with Crippen LogP contribution in [0.1, 0.15) is 27.7 Å². The van der Waals surface area contributed by atoms with Crippen LogP contribution in [0.3, 0.4) is 0 Å². The summed E-state index contributed by atoms with van der Waals surface area (Å²) in [5.74, 6) is -0.543. The van der Waals surface area contributed by atoms with Gasteiger partial charge in [0.15, 0.2) is 0 Å². The summed E-state index contributed by atoms with van der Waals surface area (Å²) >= 11 is 0.